The number of carbonyl (C=O) groups is 1. The zero-order valence-electron chi connectivity index (χ0n) is 8.61. The molecule has 0 saturated heterocycles. The molecule has 0 fully saturated rings. The van der Waals surface area contributed by atoms with Crippen LogP contribution in [0.15, 0.2) is 33.7 Å². The van der Waals surface area contributed by atoms with Crippen LogP contribution in [0.5, 0.6) is 0 Å². The van der Waals surface area contributed by atoms with Gasteiger partial charge in [0, 0.05) is 6.08 Å². The Balaban J connectivity index is 3.00. The predicted octanol–water partition coefficient (Wildman–Crippen LogP) is 3.96. The summed E-state index contributed by atoms with van der Waals surface area (Å²) in [6.45, 7) is 0. The van der Waals surface area contributed by atoms with Crippen molar-refractivity contribution < 1.29 is 9.53 Å². The van der Waals surface area contributed by atoms with Crippen LogP contribution in [-0.4, -0.2) is 13.1 Å². The monoisotopic (exact) mass is 344 g/mol. The molecule has 0 heterocycles. The quantitative estimate of drug-likeness (QED) is 0.612. The fourth-order valence-electron chi connectivity index (χ4n) is 1.14. The molecule has 0 N–H and O–H groups in total. The second kappa shape index (κ2) is 6.66. The Hall–Kier alpha value is -0.870. The molecular formula is C12H10Br2O2. The molecule has 4 heteroatoms. The third kappa shape index (κ3) is 4.33. The van der Waals surface area contributed by atoms with Crippen LogP contribution in [0.25, 0.3) is 12.2 Å². The first kappa shape index (κ1) is 13.2. The lowest BCUT2D eigenvalue weighted by Crippen LogP contribution is -1.93. The third-order valence-electron chi connectivity index (χ3n) is 1.86. The minimum Gasteiger partial charge on any atom is -0.466 e. The number of hydrogen-bond acceptors (Lipinski definition) is 2. The molecule has 2 nitrogen and oxygen atoms in total. The first-order valence-electron chi connectivity index (χ1n) is 4.51. The van der Waals surface area contributed by atoms with Gasteiger partial charge in [0.05, 0.1) is 10.5 Å². The lowest BCUT2D eigenvalue weighted by atomic mass is 10.1. The van der Waals surface area contributed by atoms with E-state index in [-0.39, 0.29) is 5.97 Å². The smallest absolute Gasteiger partial charge is 0.330 e. The molecule has 0 saturated carbocycles. The number of carbonyl (C=O) groups excluding carboxylic acids is 1. The average Bonchev–Trinajstić information content (AvgIpc) is 2.26. The second-order valence-corrected chi connectivity index (χ2v) is 5.69. The summed E-state index contributed by atoms with van der Waals surface area (Å²) in [5, 5.41) is 0. The Labute approximate surface area is 111 Å². The molecule has 0 bridgehead atoms. The maximum Gasteiger partial charge on any atom is 0.330 e. The summed E-state index contributed by atoms with van der Waals surface area (Å²) in [6, 6.07) is 7.73. The maximum absolute atomic E-state index is 11.0. The Kier molecular flexibility index (Phi) is 5.49. The number of esters is 1. The molecule has 0 atom stereocenters. The van der Waals surface area contributed by atoms with Crippen molar-refractivity contribution in [2.75, 3.05) is 7.11 Å². The molecule has 0 aliphatic rings. The Morgan fingerprint density at radius 3 is 2.44 bits per heavy atom. The maximum atomic E-state index is 11.0. The van der Waals surface area contributed by atoms with Crippen molar-refractivity contribution in [3.63, 3.8) is 0 Å². The molecular weight excluding hydrogens is 336 g/mol. The summed E-state index contributed by atoms with van der Waals surface area (Å²) < 4.78 is 5.38. The molecule has 84 valence electrons. The summed E-state index contributed by atoms with van der Waals surface area (Å²) in [5.41, 5.74) is 1.95. The summed E-state index contributed by atoms with van der Waals surface area (Å²) in [6.07, 6.45) is 5.03. The summed E-state index contributed by atoms with van der Waals surface area (Å²) in [5.74, 6) is -0.364. The number of hydrogen-bond donors (Lipinski definition) is 0. The van der Waals surface area contributed by atoms with Crippen molar-refractivity contribution in [1.29, 1.82) is 0 Å². The zero-order chi connectivity index (χ0) is 12.0. The van der Waals surface area contributed by atoms with Crippen LogP contribution in [0, 0.1) is 0 Å². The molecule has 0 amide bonds. The fraction of sp³-hybridized carbons (Fsp3) is 0.0833. The van der Waals surface area contributed by atoms with Gasteiger partial charge in [-0.15, -0.1) is 0 Å². The number of benzene rings is 1. The average molecular weight is 346 g/mol. The number of ether oxygens (including phenoxy) is 1. The Morgan fingerprint density at radius 2 is 1.88 bits per heavy atom. The van der Waals surface area contributed by atoms with E-state index >= 15 is 0 Å². The summed E-state index contributed by atoms with van der Waals surface area (Å²) in [4.78, 5) is 11.0. The van der Waals surface area contributed by atoms with Crippen LogP contribution >= 0.6 is 31.9 Å². The highest BCUT2D eigenvalue weighted by atomic mass is 79.9. The van der Waals surface area contributed by atoms with Gasteiger partial charge in [0.1, 0.15) is 0 Å². The van der Waals surface area contributed by atoms with E-state index in [0.717, 1.165) is 14.5 Å². The van der Waals surface area contributed by atoms with Crippen molar-refractivity contribution in [2.24, 2.45) is 0 Å². The van der Waals surface area contributed by atoms with Crippen LogP contribution in [0.4, 0.5) is 0 Å². The fourth-order valence-corrected chi connectivity index (χ4v) is 1.63. The highest BCUT2D eigenvalue weighted by Gasteiger charge is 1.97. The van der Waals surface area contributed by atoms with Gasteiger partial charge in [-0.25, -0.2) is 4.79 Å². The van der Waals surface area contributed by atoms with E-state index in [9.17, 15) is 4.79 Å². The molecule has 0 aliphatic carbocycles. The second-order valence-electron chi connectivity index (χ2n) is 2.92. The van der Waals surface area contributed by atoms with Crippen LogP contribution in [-0.2, 0) is 9.53 Å². The van der Waals surface area contributed by atoms with Gasteiger partial charge in [-0.05, 0) is 55.1 Å². The molecule has 1 aromatic rings. The minimum atomic E-state index is -0.364. The van der Waals surface area contributed by atoms with E-state index in [1.165, 1.54) is 13.2 Å². The van der Waals surface area contributed by atoms with Crippen LogP contribution in [0.1, 0.15) is 11.1 Å². The standard InChI is InChI=1S/C12H10Br2O2/c1-16-12(15)7-6-9-4-2-3-5-10(9)8-11(13)14/h2-8H,1H3/b7-6+. The highest BCUT2D eigenvalue weighted by Crippen LogP contribution is 2.21. The largest absolute Gasteiger partial charge is 0.466 e. The van der Waals surface area contributed by atoms with Crippen molar-refractivity contribution in [1.82, 2.24) is 0 Å². The highest BCUT2D eigenvalue weighted by molar-refractivity contribution is 9.28. The lowest BCUT2D eigenvalue weighted by Gasteiger charge is -2.00. The minimum absolute atomic E-state index is 0.364. The Bertz CT molecular complexity index is 432. The van der Waals surface area contributed by atoms with E-state index in [2.05, 4.69) is 36.6 Å². The molecule has 16 heavy (non-hydrogen) atoms. The predicted molar refractivity (Wildman–Crippen MR) is 73.3 cm³/mol. The van der Waals surface area contributed by atoms with Gasteiger partial charge in [-0.2, -0.15) is 0 Å². The van der Waals surface area contributed by atoms with Gasteiger partial charge in [-0.1, -0.05) is 24.3 Å². The number of halogens is 2. The molecule has 0 aliphatic heterocycles. The van der Waals surface area contributed by atoms with Gasteiger partial charge in [-0.3, -0.25) is 0 Å². The van der Waals surface area contributed by atoms with Gasteiger partial charge in [0.25, 0.3) is 0 Å². The molecule has 0 radical (unpaired) electrons. The van der Waals surface area contributed by atoms with E-state index < -0.39 is 0 Å². The van der Waals surface area contributed by atoms with Crippen LogP contribution in [0.2, 0.25) is 0 Å². The molecule has 1 aromatic carbocycles. The number of rotatable bonds is 3. The zero-order valence-corrected chi connectivity index (χ0v) is 11.8. The number of methoxy groups -OCH3 is 1. The van der Waals surface area contributed by atoms with E-state index in [1.807, 2.05) is 30.3 Å². The molecule has 0 spiro atoms. The van der Waals surface area contributed by atoms with Gasteiger partial charge in [0.2, 0.25) is 0 Å². The third-order valence-corrected chi connectivity index (χ3v) is 2.32. The van der Waals surface area contributed by atoms with E-state index in [1.54, 1.807) is 6.08 Å². The van der Waals surface area contributed by atoms with Crippen molar-refractivity contribution in [3.8, 4) is 0 Å². The molecule has 0 unspecified atom stereocenters. The van der Waals surface area contributed by atoms with Crippen LogP contribution in [0.3, 0.4) is 0 Å². The van der Waals surface area contributed by atoms with Gasteiger partial charge < -0.3 is 4.74 Å². The van der Waals surface area contributed by atoms with E-state index in [4.69, 9.17) is 0 Å². The molecule has 0 aromatic heterocycles. The molecule has 1 rings (SSSR count). The van der Waals surface area contributed by atoms with Gasteiger partial charge in [0.15, 0.2) is 0 Å². The first-order chi connectivity index (χ1) is 7.63. The van der Waals surface area contributed by atoms with E-state index in [0.29, 0.717) is 0 Å². The topological polar surface area (TPSA) is 26.3 Å². The van der Waals surface area contributed by atoms with Crippen molar-refractivity contribution in [3.05, 3.63) is 44.9 Å². The van der Waals surface area contributed by atoms with Crippen molar-refractivity contribution in [2.45, 2.75) is 0 Å². The summed E-state index contributed by atoms with van der Waals surface area (Å²) in [7, 11) is 1.35. The normalized spacial score (nSPS) is 10.2. The Morgan fingerprint density at radius 1 is 1.25 bits per heavy atom. The van der Waals surface area contributed by atoms with Gasteiger partial charge >= 0.3 is 5.97 Å². The lowest BCUT2D eigenvalue weighted by molar-refractivity contribution is -0.134. The van der Waals surface area contributed by atoms with Crippen LogP contribution < -0.4 is 0 Å². The first-order valence-corrected chi connectivity index (χ1v) is 6.10. The SMILES string of the molecule is COC(=O)/C=C/c1ccccc1C=C(Br)Br. The summed E-state index contributed by atoms with van der Waals surface area (Å²) >= 11 is 6.60. The van der Waals surface area contributed by atoms with Crippen molar-refractivity contribution >= 4 is 50.0 Å².